The Labute approximate surface area is 114 Å². The van der Waals surface area contributed by atoms with Gasteiger partial charge in [-0.1, -0.05) is 6.07 Å². The van der Waals surface area contributed by atoms with E-state index in [1.807, 2.05) is 7.05 Å². The summed E-state index contributed by atoms with van der Waals surface area (Å²) in [6, 6.07) is 6.88. The highest BCUT2D eigenvalue weighted by Gasteiger charge is 2.43. The number of aromatic nitrogens is 2. The molecule has 0 radical (unpaired) electrons. The van der Waals surface area contributed by atoms with Crippen molar-refractivity contribution in [3.63, 3.8) is 0 Å². The molecule has 0 unspecified atom stereocenters. The molecule has 2 fully saturated rings. The number of hydrogen-bond acceptors (Lipinski definition) is 2. The molecule has 0 aliphatic heterocycles. The summed E-state index contributed by atoms with van der Waals surface area (Å²) in [5.41, 5.74) is 4.35. The predicted octanol–water partition coefficient (Wildman–Crippen LogP) is 2.70. The van der Waals surface area contributed by atoms with Crippen molar-refractivity contribution in [3.8, 4) is 0 Å². The van der Waals surface area contributed by atoms with E-state index < -0.39 is 0 Å². The highest BCUT2D eigenvalue weighted by Crippen LogP contribution is 2.48. The molecule has 0 spiro atoms. The molecule has 0 saturated heterocycles. The van der Waals surface area contributed by atoms with Crippen LogP contribution in [0.5, 0.6) is 0 Å². The molecule has 2 aliphatic carbocycles. The Balaban J connectivity index is 1.80. The Morgan fingerprint density at radius 3 is 2.79 bits per heavy atom. The van der Waals surface area contributed by atoms with Gasteiger partial charge in [0.05, 0.1) is 11.0 Å². The molecule has 100 valence electrons. The summed E-state index contributed by atoms with van der Waals surface area (Å²) in [6.45, 7) is 1.09. The van der Waals surface area contributed by atoms with Crippen LogP contribution < -0.4 is 5.32 Å². The number of nitrogens with zero attached hydrogens (tertiary/aromatic N) is 2. The van der Waals surface area contributed by atoms with Crippen molar-refractivity contribution in [2.75, 3.05) is 13.6 Å². The maximum Gasteiger partial charge on any atom is 0.112 e. The van der Waals surface area contributed by atoms with Crippen molar-refractivity contribution < 1.29 is 0 Å². The minimum atomic E-state index is 0.396. The number of fused-ring (bicyclic) bond motifs is 1. The molecular weight excluding hydrogens is 234 g/mol. The Kier molecular flexibility index (Phi) is 2.31. The summed E-state index contributed by atoms with van der Waals surface area (Å²) < 4.78 is 2.31. The van der Waals surface area contributed by atoms with Gasteiger partial charge in [-0.25, -0.2) is 4.98 Å². The fraction of sp³-hybridized carbons (Fsp3) is 0.562. The summed E-state index contributed by atoms with van der Waals surface area (Å²) in [6.07, 6.45) is 5.25. The number of benzene rings is 1. The third-order valence-corrected chi connectivity index (χ3v) is 4.84. The largest absolute Gasteiger partial charge is 0.331 e. The standard InChI is InChI=1S/C16H21N3/c1-17-10-16(7-8-16)12-5-6-13-14(9-12)19(2)15(18-13)11-3-4-11/h5-6,9,11,17H,3-4,7-8,10H2,1-2H3. The quantitative estimate of drug-likeness (QED) is 0.910. The minimum absolute atomic E-state index is 0.396. The molecule has 2 aromatic rings. The van der Waals surface area contributed by atoms with Gasteiger partial charge in [0.25, 0.3) is 0 Å². The average Bonchev–Trinajstić information content (AvgIpc) is 3.31. The number of rotatable bonds is 4. The highest BCUT2D eigenvalue weighted by molar-refractivity contribution is 5.77. The normalized spacial score (nSPS) is 20.9. The van der Waals surface area contributed by atoms with E-state index in [4.69, 9.17) is 4.98 Å². The molecule has 4 rings (SSSR count). The summed E-state index contributed by atoms with van der Waals surface area (Å²) >= 11 is 0. The first-order valence-corrected chi connectivity index (χ1v) is 7.35. The van der Waals surface area contributed by atoms with Crippen LogP contribution in [0.4, 0.5) is 0 Å². The van der Waals surface area contributed by atoms with E-state index >= 15 is 0 Å². The van der Waals surface area contributed by atoms with Gasteiger partial charge >= 0.3 is 0 Å². The lowest BCUT2D eigenvalue weighted by Gasteiger charge is -2.15. The van der Waals surface area contributed by atoms with E-state index in [1.165, 1.54) is 42.6 Å². The van der Waals surface area contributed by atoms with Crippen LogP contribution in [0, 0.1) is 0 Å². The van der Waals surface area contributed by atoms with Crippen LogP contribution in [0.25, 0.3) is 11.0 Å². The zero-order valence-electron chi connectivity index (χ0n) is 11.7. The van der Waals surface area contributed by atoms with E-state index in [9.17, 15) is 0 Å². The first kappa shape index (κ1) is 11.5. The lowest BCUT2D eigenvalue weighted by molar-refractivity contribution is 0.624. The van der Waals surface area contributed by atoms with Crippen LogP contribution in [0.3, 0.4) is 0 Å². The van der Waals surface area contributed by atoms with Crippen LogP contribution >= 0.6 is 0 Å². The smallest absolute Gasteiger partial charge is 0.112 e. The van der Waals surface area contributed by atoms with Crippen molar-refractivity contribution in [1.82, 2.24) is 14.9 Å². The second-order valence-electron chi connectivity index (χ2n) is 6.32. The van der Waals surface area contributed by atoms with Crippen LogP contribution in [0.2, 0.25) is 0 Å². The Morgan fingerprint density at radius 1 is 1.37 bits per heavy atom. The van der Waals surface area contributed by atoms with Gasteiger partial charge in [0.15, 0.2) is 0 Å². The van der Waals surface area contributed by atoms with Crippen LogP contribution in [0.15, 0.2) is 18.2 Å². The lowest BCUT2D eigenvalue weighted by Crippen LogP contribution is -2.23. The Morgan fingerprint density at radius 2 is 2.16 bits per heavy atom. The van der Waals surface area contributed by atoms with E-state index in [0.717, 1.165) is 12.1 Å². The minimum Gasteiger partial charge on any atom is -0.331 e. The molecule has 1 aromatic heterocycles. The SMILES string of the molecule is CNCC1(c2ccc3nc(C4CC4)n(C)c3c2)CC1. The van der Waals surface area contributed by atoms with E-state index in [2.05, 4.69) is 35.1 Å². The summed E-state index contributed by atoms with van der Waals surface area (Å²) in [5, 5.41) is 3.34. The maximum absolute atomic E-state index is 4.81. The average molecular weight is 255 g/mol. The Bertz CT molecular complexity index is 633. The summed E-state index contributed by atoms with van der Waals surface area (Å²) in [4.78, 5) is 4.81. The van der Waals surface area contributed by atoms with Crippen molar-refractivity contribution in [2.45, 2.75) is 37.0 Å². The third kappa shape index (κ3) is 1.71. The number of likely N-dealkylation sites (N-methyl/N-ethyl adjacent to an activating group) is 1. The predicted molar refractivity (Wildman–Crippen MR) is 77.5 cm³/mol. The van der Waals surface area contributed by atoms with Crippen LogP contribution in [-0.4, -0.2) is 23.1 Å². The summed E-state index contributed by atoms with van der Waals surface area (Å²) in [7, 11) is 4.22. The molecule has 2 saturated carbocycles. The maximum atomic E-state index is 4.81. The van der Waals surface area contributed by atoms with Gasteiger partial charge < -0.3 is 9.88 Å². The van der Waals surface area contributed by atoms with Crippen LogP contribution in [0.1, 0.15) is 43.0 Å². The number of imidazole rings is 1. The molecule has 1 aromatic carbocycles. The molecule has 0 atom stereocenters. The molecule has 2 aliphatic rings. The first-order valence-electron chi connectivity index (χ1n) is 7.35. The molecule has 3 heteroatoms. The van der Waals surface area contributed by atoms with Gasteiger partial charge in [0.1, 0.15) is 5.82 Å². The summed E-state index contributed by atoms with van der Waals surface area (Å²) in [5.74, 6) is 2.00. The Hall–Kier alpha value is -1.35. The molecule has 1 heterocycles. The van der Waals surface area contributed by atoms with Gasteiger partial charge in [-0.05, 0) is 50.4 Å². The highest BCUT2D eigenvalue weighted by atomic mass is 15.1. The van der Waals surface area contributed by atoms with Crippen molar-refractivity contribution >= 4 is 11.0 Å². The zero-order chi connectivity index (χ0) is 13.0. The second kappa shape index (κ2) is 3.83. The van der Waals surface area contributed by atoms with E-state index in [1.54, 1.807) is 0 Å². The third-order valence-electron chi connectivity index (χ3n) is 4.84. The zero-order valence-corrected chi connectivity index (χ0v) is 11.7. The van der Waals surface area contributed by atoms with Gasteiger partial charge in [-0.3, -0.25) is 0 Å². The molecule has 3 nitrogen and oxygen atoms in total. The number of hydrogen-bond donors (Lipinski definition) is 1. The number of aryl methyl sites for hydroxylation is 1. The molecular formula is C16H21N3. The van der Waals surface area contributed by atoms with Crippen molar-refractivity contribution in [2.24, 2.45) is 7.05 Å². The van der Waals surface area contributed by atoms with E-state index in [-0.39, 0.29) is 0 Å². The second-order valence-corrected chi connectivity index (χ2v) is 6.32. The van der Waals surface area contributed by atoms with Gasteiger partial charge in [0, 0.05) is 24.9 Å². The monoisotopic (exact) mass is 255 g/mol. The fourth-order valence-corrected chi connectivity index (χ4v) is 3.30. The van der Waals surface area contributed by atoms with Crippen LogP contribution in [-0.2, 0) is 12.5 Å². The lowest BCUT2D eigenvalue weighted by atomic mass is 9.95. The topological polar surface area (TPSA) is 29.9 Å². The van der Waals surface area contributed by atoms with Crippen molar-refractivity contribution in [1.29, 1.82) is 0 Å². The number of nitrogens with one attached hydrogen (secondary N) is 1. The fourth-order valence-electron chi connectivity index (χ4n) is 3.30. The van der Waals surface area contributed by atoms with Gasteiger partial charge in [0.2, 0.25) is 0 Å². The first-order chi connectivity index (χ1) is 9.23. The van der Waals surface area contributed by atoms with Crippen molar-refractivity contribution in [3.05, 3.63) is 29.6 Å². The molecule has 1 N–H and O–H groups in total. The molecule has 0 amide bonds. The molecule has 0 bridgehead atoms. The van der Waals surface area contributed by atoms with E-state index in [0.29, 0.717) is 11.3 Å². The van der Waals surface area contributed by atoms with Gasteiger partial charge in [-0.2, -0.15) is 0 Å². The molecule has 19 heavy (non-hydrogen) atoms. The van der Waals surface area contributed by atoms with Gasteiger partial charge in [-0.15, -0.1) is 0 Å².